The molecule has 0 unspecified atom stereocenters. The van der Waals surface area contributed by atoms with Crippen LogP contribution in [-0.2, 0) is 42.2 Å². The largest absolute Gasteiger partial charge is 0.478 e. The van der Waals surface area contributed by atoms with Crippen molar-refractivity contribution in [1.82, 2.24) is 0 Å². The summed E-state index contributed by atoms with van der Waals surface area (Å²) >= 11 is 0. The van der Waals surface area contributed by atoms with Crippen molar-refractivity contribution in [2.75, 3.05) is 11.9 Å². The van der Waals surface area contributed by atoms with E-state index in [-0.39, 0.29) is 55.7 Å². The molecule has 1 rings (SSSR count). The van der Waals surface area contributed by atoms with Crippen molar-refractivity contribution >= 4 is 17.6 Å². The molecule has 0 saturated heterocycles. The molecule has 0 aromatic heterocycles. The molecule has 2 N–H and O–H groups in total. The fraction of sp³-hybridized carbons (Fsp3) is 0.500. The smallest absolute Gasteiger partial charge is 0.335 e. The van der Waals surface area contributed by atoms with E-state index < -0.39 is 5.97 Å². The molecule has 1 atom stereocenters. The monoisotopic (exact) mass is 382 g/mol. The number of ether oxygens (including phenoxy) is 1. The van der Waals surface area contributed by atoms with E-state index in [2.05, 4.69) is 5.32 Å². The number of hydrogen-bond donors (Lipinski definition) is 2. The van der Waals surface area contributed by atoms with Crippen molar-refractivity contribution in [3.63, 3.8) is 0 Å². The summed E-state index contributed by atoms with van der Waals surface area (Å²) in [7, 11) is 0. The van der Waals surface area contributed by atoms with Gasteiger partial charge in [0.05, 0.1) is 11.2 Å². The summed E-state index contributed by atoms with van der Waals surface area (Å²) in [6, 6.07) is 6.09. The standard InChI is InChI=1S/C16H23NO4.Y/c1-11(9-10-21-16(2,3)4)14(18)17-13-7-5-12(6-8-13)15(19)20;/h5-8,11H,9-10H2,1-4H3,(H,17,18)(H,19,20);/t11-;/m1./s1. The summed E-state index contributed by atoms with van der Waals surface area (Å²) in [5.41, 5.74) is 0.580. The molecule has 22 heavy (non-hydrogen) atoms. The Labute approximate surface area is 156 Å². The maximum atomic E-state index is 12.0. The maximum absolute atomic E-state index is 12.0. The van der Waals surface area contributed by atoms with Gasteiger partial charge >= 0.3 is 5.97 Å². The van der Waals surface area contributed by atoms with Gasteiger partial charge in [0, 0.05) is 50.9 Å². The van der Waals surface area contributed by atoms with Crippen molar-refractivity contribution in [2.45, 2.75) is 39.7 Å². The van der Waals surface area contributed by atoms with Crippen LogP contribution >= 0.6 is 0 Å². The third-order valence-electron chi connectivity index (χ3n) is 2.93. The Kier molecular flexibility index (Phi) is 9.05. The van der Waals surface area contributed by atoms with Gasteiger partial charge in [-0.15, -0.1) is 0 Å². The molecule has 6 heteroatoms. The van der Waals surface area contributed by atoms with Crippen LogP contribution in [0.5, 0.6) is 0 Å². The van der Waals surface area contributed by atoms with Gasteiger partial charge in [0.15, 0.2) is 0 Å². The van der Waals surface area contributed by atoms with Crippen LogP contribution in [-0.4, -0.2) is 29.2 Å². The van der Waals surface area contributed by atoms with Crippen molar-refractivity contribution < 1.29 is 52.1 Å². The average Bonchev–Trinajstić information content (AvgIpc) is 2.37. The molecule has 0 aliphatic heterocycles. The van der Waals surface area contributed by atoms with E-state index in [4.69, 9.17) is 9.84 Å². The van der Waals surface area contributed by atoms with Gasteiger partial charge in [-0.1, -0.05) is 6.92 Å². The number of benzene rings is 1. The fourth-order valence-electron chi connectivity index (χ4n) is 1.63. The van der Waals surface area contributed by atoms with Crippen LogP contribution in [0.3, 0.4) is 0 Å². The Morgan fingerprint density at radius 2 is 1.77 bits per heavy atom. The number of anilines is 1. The average molecular weight is 382 g/mol. The number of carbonyl (C=O) groups excluding carboxylic acids is 1. The molecule has 0 aliphatic carbocycles. The minimum atomic E-state index is -0.986. The summed E-state index contributed by atoms with van der Waals surface area (Å²) in [6.45, 7) is 8.29. The quantitative estimate of drug-likeness (QED) is 0.793. The van der Waals surface area contributed by atoms with Crippen LogP contribution in [0.2, 0.25) is 0 Å². The minimum absolute atomic E-state index is 0. The number of carbonyl (C=O) groups is 2. The third kappa shape index (κ3) is 8.01. The molecular weight excluding hydrogens is 359 g/mol. The zero-order valence-corrected chi connectivity index (χ0v) is 16.4. The Morgan fingerprint density at radius 1 is 1.23 bits per heavy atom. The van der Waals surface area contributed by atoms with Gasteiger partial charge < -0.3 is 15.2 Å². The number of aromatic carboxylic acids is 1. The normalized spacial score (nSPS) is 12.2. The molecule has 0 spiro atoms. The Bertz CT molecular complexity index is 494. The molecule has 0 bridgehead atoms. The van der Waals surface area contributed by atoms with Crippen molar-refractivity contribution in [2.24, 2.45) is 5.92 Å². The molecule has 0 saturated carbocycles. The van der Waals surface area contributed by atoms with Gasteiger partial charge in [0.1, 0.15) is 0 Å². The zero-order valence-electron chi connectivity index (χ0n) is 13.6. The van der Waals surface area contributed by atoms with E-state index in [1.807, 2.05) is 27.7 Å². The van der Waals surface area contributed by atoms with Gasteiger partial charge in [-0.2, -0.15) is 0 Å². The van der Waals surface area contributed by atoms with Crippen LogP contribution in [0, 0.1) is 5.92 Å². The third-order valence-corrected chi connectivity index (χ3v) is 2.93. The second kappa shape index (κ2) is 9.38. The first-order valence-corrected chi connectivity index (χ1v) is 6.97. The predicted molar refractivity (Wildman–Crippen MR) is 81.5 cm³/mol. The molecule has 119 valence electrons. The summed E-state index contributed by atoms with van der Waals surface area (Å²) in [5, 5.41) is 11.6. The van der Waals surface area contributed by atoms with Gasteiger partial charge in [0.25, 0.3) is 0 Å². The Balaban J connectivity index is 0.00000441. The second-order valence-electron chi connectivity index (χ2n) is 6.02. The summed E-state index contributed by atoms with van der Waals surface area (Å²) < 4.78 is 5.60. The molecule has 0 heterocycles. The van der Waals surface area contributed by atoms with E-state index in [0.29, 0.717) is 18.7 Å². The Hall–Kier alpha value is -0.776. The number of rotatable bonds is 6. The van der Waals surface area contributed by atoms with Crippen molar-refractivity contribution in [3.05, 3.63) is 29.8 Å². The molecule has 0 aliphatic rings. The first-order valence-electron chi connectivity index (χ1n) is 6.97. The fourth-order valence-corrected chi connectivity index (χ4v) is 1.63. The van der Waals surface area contributed by atoms with E-state index in [1.54, 1.807) is 12.1 Å². The summed E-state index contributed by atoms with van der Waals surface area (Å²) in [4.78, 5) is 22.7. The zero-order chi connectivity index (χ0) is 16.0. The van der Waals surface area contributed by atoms with Gasteiger partial charge in [-0.05, 0) is 51.5 Å². The summed E-state index contributed by atoms with van der Waals surface area (Å²) in [6.07, 6.45) is 0.635. The second-order valence-corrected chi connectivity index (χ2v) is 6.02. The number of carboxylic acid groups (broad SMARTS) is 1. The number of carboxylic acids is 1. The Morgan fingerprint density at radius 3 is 2.23 bits per heavy atom. The molecule has 1 amide bonds. The van der Waals surface area contributed by atoms with E-state index >= 15 is 0 Å². The van der Waals surface area contributed by atoms with Gasteiger partial charge in [-0.25, -0.2) is 4.79 Å². The number of hydrogen-bond acceptors (Lipinski definition) is 3. The van der Waals surface area contributed by atoms with Crippen LogP contribution in [0.25, 0.3) is 0 Å². The van der Waals surface area contributed by atoms with Gasteiger partial charge in [0.2, 0.25) is 5.91 Å². The van der Waals surface area contributed by atoms with Crippen molar-refractivity contribution in [3.8, 4) is 0 Å². The molecule has 5 nitrogen and oxygen atoms in total. The molecule has 0 fully saturated rings. The first kappa shape index (κ1) is 21.2. The number of amides is 1. The van der Waals surface area contributed by atoms with Crippen LogP contribution in [0.1, 0.15) is 44.5 Å². The van der Waals surface area contributed by atoms with Gasteiger partial charge in [-0.3, -0.25) is 4.79 Å². The van der Waals surface area contributed by atoms with Crippen LogP contribution in [0.15, 0.2) is 24.3 Å². The SMILES string of the molecule is C[C@H](CCOC(C)(C)C)C(=O)Nc1ccc(C(=O)O)cc1.[Y]. The van der Waals surface area contributed by atoms with Crippen LogP contribution in [0.4, 0.5) is 5.69 Å². The molecule has 1 radical (unpaired) electrons. The predicted octanol–water partition coefficient (Wildman–Crippen LogP) is 3.16. The molecular formula is C16H23NO4Y. The summed E-state index contributed by atoms with van der Waals surface area (Å²) in [5.74, 6) is -1.26. The van der Waals surface area contributed by atoms with Crippen LogP contribution < -0.4 is 5.32 Å². The maximum Gasteiger partial charge on any atom is 0.335 e. The molecule has 1 aromatic rings. The van der Waals surface area contributed by atoms with E-state index in [0.717, 1.165) is 0 Å². The topological polar surface area (TPSA) is 75.6 Å². The minimum Gasteiger partial charge on any atom is -0.478 e. The molecule has 1 aromatic carbocycles. The number of nitrogens with one attached hydrogen (secondary N) is 1. The first-order chi connectivity index (χ1) is 9.69. The van der Waals surface area contributed by atoms with E-state index in [9.17, 15) is 9.59 Å². The van der Waals surface area contributed by atoms with Crippen molar-refractivity contribution in [1.29, 1.82) is 0 Å². The van der Waals surface area contributed by atoms with E-state index in [1.165, 1.54) is 12.1 Å².